The summed E-state index contributed by atoms with van der Waals surface area (Å²) >= 11 is 1.78. The van der Waals surface area contributed by atoms with Crippen LogP contribution in [0.15, 0.2) is 25.3 Å². The van der Waals surface area contributed by atoms with E-state index in [1.165, 1.54) is 0 Å². The molecule has 19 heavy (non-hydrogen) atoms. The lowest BCUT2D eigenvalue weighted by atomic mass is 10.3. The minimum Gasteiger partial charge on any atom is -0.463 e. The SMILES string of the molecule is C=CC(=O)OCCC(C)SC(C)CCOC(=O)C=C. The van der Waals surface area contributed by atoms with Crippen molar-refractivity contribution in [2.24, 2.45) is 0 Å². The van der Waals surface area contributed by atoms with Gasteiger partial charge in [0.15, 0.2) is 0 Å². The predicted molar refractivity (Wildman–Crippen MR) is 78.1 cm³/mol. The predicted octanol–water partition coefficient (Wildman–Crippen LogP) is 2.74. The summed E-state index contributed by atoms with van der Waals surface area (Å²) in [6.07, 6.45) is 3.91. The molecule has 0 aliphatic heterocycles. The Kier molecular flexibility index (Phi) is 9.98. The third kappa shape index (κ3) is 10.4. The number of rotatable bonds is 10. The zero-order valence-electron chi connectivity index (χ0n) is 11.6. The molecule has 4 nitrogen and oxygen atoms in total. The molecular formula is C14H22O4S. The summed E-state index contributed by atoms with van der Waals surface area (Å²) in [7, 11) is 0. The van der Waals surface area contributed by atoms with Gasteiger partial charge >= 0.3 is 11.9 Å². The quantitative estimate of drug-likeness (QED) is 0.456. The van der Waals surface area contributed by atoms with Crippen molar-refractivity contribution in [2.75, 3.05) is 13.2 Å². The molecule has 0 amide bonds. The zero-order chi connectivity index (χ0) is 14.7. The van der Waals surface area contributed by atoms with Gasteiger partial charge in [0, 0.05) is 22.7 Å². The lowest BCUT2D eigenvalue weighted by Crippen LogP contribution is -2.12. The summed E-state index contributed by atoms with van der Waals surface area (Å²) in [5.74, 6) is -0.775. The van der Waals surface area contributed by atoms with Crippen molar-refractivity contribution in [1.82, 2.24) is 0 Å². The van der Waals surface area contributed by atoms with E-state index in [9.17, 15) is 9.59 Å². The van der Waals surface area contributed by atoms with E-state index in [0.717, 1.165) is 25.0 Å². The van der Waals surface area contributed by atoms with Crippen LogP contribution in [0.5, 0.6) is 0 Å². The Morgan fingerprint density at radius 1 is 1.00 bits per heavy atom. The first-order chi connectivity index (χ1) is 8.99. The molecule has 0 spiro atoms. The smallest absolute Gasteiger partial charge is 0.330 e. The Bertz CT molecular complexity index is 285. The molecule has 0 heterocycles. The summed E-state index contributed by atoms with van der Waals surface area (Å²) in [5.41, 5.74) is 0. The normalized spacial score (nSPS) is 13.2. The largest absolute Gasteiger partial charge is 0.463 e. The third-order valence-corrected chi connectivity index (χ3v) is 3.74. The van der Waals surface area contributed by atoms with Crippen LogP contribution in [0.1, 0.15) is 26.7 Å². The first-order valence-corrected chi connectivity index (χ1v) is 7.17. The van der Waals surface area contributed by atoms with Gasteiger partial charge in [0.05, 0.1) is 13.2 Å². The Balaban J connectivity index is 3.65. The number of esters is 2. The lowest BCUT2D eigenvalue weighted by Gasteiger charge is -2.16. The van der Waals surface area contributed by atoms with E-state index >= 15 is 0 Å². The molecule has 0 aromatic rings. The van der Waals surface area contributed by atoms with Crippen LogP contribution in [0, 0.1) is 0 Å². The van der Waals surface area contributed by atoms with Gasteiger partial charge in [-0.1, -0.05) is 27.0 Å². The third-order valence-electron chi connectivity index (χ3n) is 2.34. The van der Waals surface area contributed by atoms with Gasteiger partial charge in [0.1, 0.15) is 0 Å². The van der Waals surface area contributed by atoms with Gasteiger partial charge in [-0.2, -0.15) is 11.8 Å². The summed E-state index contributed by atoms with van der Waals surface area (Å²) < 4.78 is 9.84. The van der Waals surface area contributed by atoms with E-state index in [1.807, 2.05) is 0 Å². The highest BCUT2D eigenvalue weighted by atomic mass is 32.2. The molecule has 0 N–H and O–H groups in total. The van der Waals surface area contributed by atoms with Gasteiger partial charge in [-0.25, -0.2) is 9.59 Å². The average molecular weight is 286 g/mol. The molecule has 5 heteroatoms. The van der Waals surface area contributed by atoms with Gasteiger partial charge in [-0.15, -0.1) is 0 Å². The highest BCUT2D eigenvalue weighted by Crippen LogP contribution is 2.22. The fourth-order valence-electron chi connectivity index (χ4n) is 1.30. The number of ether oxygens (including phenoxy) is 2. The molecule has 0 rings (SSSR count). The van der Waals surface area contributed by atoms with E-state index in [1.54, 1.807) is 11.8 Å². The molecule has 0 aromatic carbocycles. The van der Waals surface area contributed by atoms with Gasteiger partial charge < -0.3 is 9.47 Å². The topological polar surface area (TPSA) is 52.6 Å². The summed E-state index contributed by atoms with van der Waals surface area (Å²) in [5, 5.41) is 0.755. The van der Waals surface area contributed by atoms with Crippen molar-refractivity contribution >= 4 is 23.7 Å². The molecule has 0 radical (unpaired) electrons. The van der Waals surface area contributed by atoms with Crippen LogP contribution in [0.3, 0.4) is 0 Å². The lowest BCUT2D eigenvalue weighted by molar-refractivity contribution is -0.138. The molecule has 0 aliphatic carbocycles. The Labute approximate surface area is 119 Å². The van der Waals surface area contributed by atoms with E-state index in [0.29, 0.717) is 23.7 Å². The maximum Gasteiger partial charge on any atom is 0.330 e. The van der Waals surface area contributed by atoms with Crippen molar-refractivity contribution in [1.29, 1.82) is 0 Å². The maximum absolute atomic E-state index is 10.8. The van der Waals surface area contributed by atoms with Crippen molar-refractivity contribution in [3.8, 4) is 0 Å². The fraction of sp³-hybridized carbons (Fsp3) is 0.571. The van der Waals surface area contributed by atoms with Crippen LogP contribution in [-0.2, 0) is 19.1 Å². The van der Waals surface area contributed by atoms with Crippen LogP contribution in [-0.4, -0.2) is 35.7 Å². The average Bonchev–Trinajstić information content (AvgIpc) is 2.37. The molecular weight excluding hydrogens is 264 g/mol. The molecule has 2 atom stereocenters. The number of hydrogen-bond donors (Lipinski definition) is 0. The second-order valence-corrected chi connectivity index (χ2v) is 5.96. The molecule has 0 fully saturated rings. The number of carbonyl (C=O) groups is 2. The second-order valence-electron chi connectivity index (χ2n) is 4.08. The standard InChI is InChI=1S/C14H22O4S/c1-5-13(15)17-9-7-11(3)19-12(4)8-10-18-14(16)6-2/h5-6,11-12H,1-2,7-10H2,3-4H3. The number of thioether (sulfide) groups is 1. The monoisotopic (exact) mass is 286 g/mol. The van der Waals surface area contributed by atoms with Crippen molar-refractivity contribution < 1.29 is 19.1 Å². The Morgan fingerprint density at radius 3 is 1.68 bits per heavy atom. The first-order valence-electron chi connectivity index (χ1n) is 6.23. The van der Waals surface area contributed by atoms with Crippen molar-refractivity contribution in [2.45, 2.75) is 37.2 Å². The van der Waals surface area contributed by atoms with Crippen LogP contribution >= 0.6 is 11.8 Å². The molecule has 0 aromatic heterocycles. The highest BCUT2D eigenvalue weighted by Gasteiger charge is 2.10. The van der Waals surface area contributed by atoms with Crippen molar-refractivity contribution in [3.63, 3.8) is 0 Å². The van der Waals surface area contributed by atoms with E-state index < -0.39 is 0 Å². The van der Waals surface area contributed by atoms with Crippen LogP contribution in [0.2, 0.25) is 0 Å². The van der Waals surface area contributed by atoms with Gasteiger partial charge in [-0.05, 0) is 12.8 Å². The van der Waals surface area contributed by atoms with Crippen LogP contribution in [0.25, 0.3) is 0 Å². The number of hydrogen-bond acceptors (Lipinski definition) is 5. The van der Waals surface area contributed by atoms with E-state index in [-0.39, 0.29) is 11.9 Å². The van der Waals surface area contributed by atoms with Crippen molar-refractivity contribution in [3.05, 3.63) is 25.3 Å². The van der Waals surface area contributed by atoms with Crippen LogP contribution < -0.4 is 0 Å². The number of carbonyl (C=O) groups excluding carboxylic acids is 2. The van der Waals surface area contributed by atoms with Gasteiger partial charge in [-0.3, -0.25) is 0 Å². The maximum atomic E-state index is 10.8. The molecule has 0 saturated heterocycles. The minimum atomic E-state index is -0.387. The summed E-state index contributed by atoms with van der Waals surface area (Å²) in [4.78, 5) is 21.7. The fourth-order valence-corrected chi connectivity index (χ4v) is 2.56. The molecule has 108 valence electrons. The zero-order valence-corrected chi connectivity index (χ0v) is 12.4. The van der Waals surface area contributed by atoms with E-state index in [2.05, 4.69) is 27.0 Å². The Morgan fingerprint density at radius 2 is 1.37 bits per heavy atom. The van der Waals surface area contributed by atoms with Gasteiger partial charge in [0.25, 0.3) is 0 Å². The molecule has 0 aliphatic rings. The van der Waals surface area contributed by atoms with E-state index in [4.69, 9.17) is 9.47 Å². The Hall–Kier alpha value is -1.23. The second kappa shape index (κ2) is 10.7. The highest BCUT2D eigenvalue weighted by molar-refractivity contribution is 8.00. The summed E-state index contributed by atoms with van der Waals surface area (Å²) in [6.45, 7) is 11.6. The first kappa shape index (κ1) is 17.8. The minimum absolute atomic E-state index is 0.378. The van der Waals surface area contributed by atoms with Gasteiger partial charge in [0.2, 0.25) is 0 Å². The summed E-state index contributed by atoms with van der Waals surface area (Å²) in [6, 6.07) is 0. The van der Waals surface area contributed by atoms with Crippen LogP contribution in [0.4, 0.5) is 0 Å². The molecule has 2 unspecified atom stereocenters. The molecule has 0 saturated carbocycles. The molecule has 0 bridgehead atoms.